The molecule has 1 nitrogen and oxygen atoms in total. The van der Waals surface area contributed by atoms with E-state index in [9.17, 15) is 0 Å². The SMILES string of the molecule is CCCSCCPO. The fourth-order valence-corrected chi connectivity index (χ4v) is 1.80. The molecule has 0 aliphatic rings. The molecule has 1 unspecified atom stereocenters. The van der Waals surface area contributed by atoms with E-state index in [0.717, 1.165) is 11.9 Å². The van der Waals surface area contributed by atoms with Gasteiger partial charge in [0.15, 0.2) is 0 Å². The second kappa shape index (κ2) is 7.74. The van der Waals surface area contributed by atoms with Crippen LogP contribution >= 0.6 is 20.6 Å². The standard InChI is InChI=1S/C5H13OPS/c1-2-4-8-5-3-7-6/h6-7H,2-5H2,1H3. The summed E-state index contributed by atoms with van der Waals surface area (Å²) in [6.07, 6.45) is 2.23. The van der Waals surface area contributed by atoms with Gasteiger partial charge in [0.1, 0.15) is 0 Å². The summed E-state index contributed by atoms with van der Waals surface area (Å²) < 4.78 is 0. The molecule has 0 saturated carbocycles. The van der Waals surface area contributed by atoms with Crippen LogP contribution in [0.1, 0.15) is 13.3 Å². The Kier molecular flexibility index (Phi) is 8.46. The van der Waals surface area contributed by atoms with Crippen LogP contribution in [0.2, 0.25) is 0 Å². The van der Waals surface area contributed by atoms with Gasteiger partial charge in [0, 0.05) is 8.81 Å². The summed E-state index contributed by atoms with van der Waals surface area (Å²) in [6, 6.07) is 0. The van der Waals surface area contributed by atoms with Crippen molar-refractivity contribution in [3.63, 3.8) is 0 Å². The van der Waals surface area contributed by atoms with E-state index in [4.69, 9.17) is 4.89 Å². The minimum Gasteiger partial charge on any atom is -0.377 e. The second-order valence-corrected chi connectivity index (χ2v) is 3.56. The fraction of sp³-hybridized carbons (Fsp3) is 1.00. The molecular formula is C5H13OPS. The van der Waals surface area contributed by atoms with Crippen molar-refractivity contribution in [3.05, 3.63) is 0 Å². The largest absolute Gasteiger partial charge is 0.377 e. The molecule has 0 aromatic heterocycles. The maximum absolute atomic E-state index is 8.38. The first-order valence-corrected chi connectivity index (χ1v) is 5.17. The van der Waals surface area contributed by atoms with Gasteiger partial charge in [-0.15, -0.1) is 0 Å². The Bertz CT molecular complexity index is 37.4. The van der Waals surface area contributed by atoms with E-state index in [1.165, 1.54) is 12.2 Å². The Morgan fingerprint density at radius 2 is 2.25 bits per heavy atom. The van der Waals surface area contributed by atoms with Crippen LogP contribution in [0, 0.1) is 0 Å². The Hall–Kier alpha value is 0.740. The van der Waals surface area contributed by atoms with Crippen molar-refractivity contribution in [3.8, 4) is 0 Å². The van der Waals surface area contributed by atoms with Crippen molar-refractivity contribution in [2.45, 2.75) is 13.3 Å². The quantitative estimate of drug-likeness (QED) is 0.478. The molecule has 0 saturated heterocycles. The van der Waals surface area contributed by atoms with Gasteiger partial charge in [0.05, 0.1) is 0 Å². The van der Waals surface area contributed by atoms with Crippen LogP contribution in [0.25, 0.3) is 0 Å². The van der Waals surface area contributed by atoms with Crippen molar-refractivity contribution in [2.75, 3.05) is 17.7 Å². The van der Waals surface area contributed by atoms with Gasteiger partial charge in [-0.05, 0) is 24.1 Å². The fourth-order valence-electron chi connectivity index (χ4n) is 0.364. The average Bonchev–Trinajstić information content (AvgIpc) is 1.81. The molecule has 0 aromatic rings. The van der Waals surface area contributed by atoms with Gasteiger partial charge in [-0.25, -0.2) is 0 Å². The zero-order chi connectivity index (χ0) is 6.24. The third-order valence-electron chi connectivity index (χ3n) is 0.707. The first-order chi connectivity index (χ1) is 3.91. The second-order valence-electron chi connectivity index (χ2n) is 1.52. The normalized spacial score (nSPS) is 11.2. The molecule has 8 heavy (non-hydrogen) atoms. The van der Waals surface area contributed by atoms with E-state index in [1.807, 2.05) is 11.8 Å². The zero-order valence-electron chi connectivity index (χ0n) is 5.18. The first kappa shape index (κ1) is 8.74. The third-order valence-corrected chi connectivity index (χ3v) is 2.73. The summed E-state index contributed by atoms with van der Waals surface area (Å²) >= 11 is 1.92. The Labute approximate surface area is 57.1 Å². The van der Waals surface area contributed by atoms with Crippen molar-refractivity contribution in [2.24, 2.45) is 0 Å². The van der Waals surface area contributed by atoms with Gasteiger partial charge in [-0.2, -0.15) is 11.8 Å². The number of rotatable bonds is 5. The lowest BCUT2D eigenvalue weighted by Crippen LogP contribution is -1.82. The van der Waals surface area contributed by atoms with E-state index in [0.29, 0.717) is 0 Å². The molecule has 50 valence electrons. The highest BCUT2D eigenvalue weighted by Gasteiger charge is 1.84. The predicted molar refractivity (Wildman–Crippen MR) is 43.0 cm³/mol. The van der Waals surface area contributed by atoms with Crippen LogP contribution < -0.4 is 0 Å². The summed E-state index contributed by atoms with van der Waals surface area (Å²) in [6.45, 7) is 2.17. The predicted octanol–water partition coefficient (Wildman–Crippen LogP) is 1.72. The molecule has 0 fully saturated rings. The first-order valence-electron chi connectivity index (χ1n) is 2.86. The zero-order valence-corrected chi connectivity index (χ0v) is 7.00. The summed E-state index contributed by atoms with van der Waals surface area (Å²) in [4.78, 5) is 8.38. The number of hydrogen-bond donors (Lipinski definition) is 1. The van der Waals surface area contributed by atoms with E-state index in [-0.39, 0.29) is 8.81 Å². The Morgan fingerprint density at radius 1 is 1.50 bits per heavy atom. The summed E-state index contributed by atoms with van der Waals surface area (Å²) in [7, 11) is 0.148. The molecule has 0 rings (SSSR count). The van der Waals surface area contributed by atoms with Crippen molar-refractivity contribution < 1.29 is 4.89 Å². The molecule has 0 heterocycles. The van der Waals surface area contributed by atoms with Crippen LogP contribution in [0.15, 0.2) is 0 Å². The Balaban J connectivity index is 2.53. The highest BCUT2D eigenvalue weighted by Crippen LogP contribution is 2.08. The van der Waals surface area contributed by atoms with Gasteiger partial charge in [0.25, 0.3) is 0 Å². The van der Waals surface area contributed by atoms with Crippen LogP contribution in [0.4, 0.5) is 0 Å². The van der Waals surface area contributed by atoms with Crippen LogP contribution in [-0.4, -0.2) is 22.6 Å². The van der Waals surface area contributed by atoms with Gasteiger partial charge in [-0.1, -0.05) is 6.92 Å². The lowest BCUT2D eigenvalue weighted by atomic mass is 10.6. The minimum atomic E-state index is 0.148. The molecule has 1 atom stereocenters. The van der Waals surface area contributed by atoms with Crippen LogP contribution in [-0.2, 0) is 0 Å². The van der Waals surface area contributed by atoms with E-state index >= 15 is 0 Å². The summed E-state index contributed by atoms with van der Waals surface area (Å²) in [5.41, 5.74) is 0. The number of hydrogen-bond acceptors (Lipinski definition) is 2. The van der Waals surface area contributed by atoms with Crippen LogP contribution in [0.5, 0.6) is 0 Å². The third kappa shape index (κ3) is 6.74. The smallest absolute Gasteiger partial charge is 0.0115 e. The molecular weight excluding hydrogens is 139 g/mol. The van der Waals surface area contributed by atoms with E-state index in [1.54, 1.807) is 0 Å². The minimum absolute atomic E-state index is 0.148. The molecule has 0 spiro atoms. The van der Waals surface area contributed by atoms with Gasteiger partial charge in [-0.3, -0.25) is 0 Å². The van der Waals surface area contributed by atoms with Crippen molar-refractivity contribution in [1.82, 2.24) is 0 Å². The van der Waals surface area contributed by atoms with E-state index < -0.39 is 0 Å². The molecule has 1 N–H and O–H groups in total. The lowest BCUT2D eigenvalue weighted by Gasteiger charge is -1.93. The maximum atomic E-state index is 8.38. The van der Waals surface area contributed by atoms with Crippen LogP contribution in [0.3, 0.4) is 0 Å². The van der Waals surface area contributed by atoms with Gasteiger partial charge in [0.2, 0.25) is 0 Å². The molecule has 0 aliphatic heterocycles. The topological polar surface area (TPSA) is 20.2 Å². The molecule has 3 heteroatoms. The lowest BCUT2D eigenvalue weighted by molar-refractivity contribution is 0.647. The number of thioether (sulfide) groups is 1. The Morgan fingerprint density at radius 3 is 2.75 bits per heavy atom. The van der Waals surface area contributed by atoms with Crippen molar-refractivity contribution >= 4 is 20.6 Å². The molecule has 0 aromatic carbocycles. The summed E-state index contributed by atoms with van der Waals surface area (Å²) in [5, 5.41) is 0. The average molecular weight is 152 g/mol. The van der Waals surface area contributed by atoms with Crippen molar-refractivity contribution in [1.29, 1.82) is 0 Å². The highest BCUT2D eigenvalue weighted by atomic mass is 32.2. The summed E-state index contributed by atoms with van der Waals surface area (Å²) in [5.74, 6) is 2.37. The maximum Gasteiger partial charge on any atom is 0.0115 e. The van der Waals surface area contributed by atoms with Gasteiger partial charge >= 0.3 is 0 Å². The molecule has 0 radical (unpaired) electrons. The molecule has 0 aliphatic carbocycles. The molecule has 0 amide bonds. The highest BCUT2D eigenvalue weighted by molar-refractivity contribution is 7.99. The monoisotopic (exact) mass is 152 g/mol. The molecule has 0 bridgehead atoms. The van der Waals surface area contributed by atoms with Gasteiger partial charge < -0.3 is 4.89 Å². The van der Waals surface area contributed by atoms with E-state index in [2.05, 4.69) is 6.92 Å².